The lowest BCUT2D eigenvalue weighted by molar-refractivity contribution is -0.122. The highest BCUT2D eigenvalue weighted by Crippen LogP contribution is 2.26. The molecule has 0 aromatic heterocycles. The molecule has 0 saturated carbocycles. The lowest BCUT2D eigenvalue weighted by Gasteiger charge is -2.33. The van der Waals surface area contributed by atoms with E-state index in [4.69, 9.17) is 0 Å². The van der Waals surface area contributed by atoms with Crippen LogP contribution in [-0.4, -0.2) is 11.4 Å². The molecule has 0 heterocycles. The number of carbonyl (C=O) groups excluding carboxylic acids is 1. The molecule has 1 amide bonds. The van der Waals surface area contributed by atoms with Crippen LogP contribution in [0.3, 0.4) is 0 Å². The van der Waals surface area contributed by atoms with Gasteiger partial charge in [0.05, 0.1) is 0 Å². The highest BCUT2D eigenvalue weighted by Gasteiger charge is 2.26. The smallest absolute Gasteiger partial charge is 0.220 e. The fourth-order valence-electron chi connectivity index (χ4n) is 1.84. The Balaban J connectivity index is 4.16. The first-order chi connectivity index (χ1) is 5.66. The van der Waals surface area contributed by atoms with Gasteiger partial charge in [0.15, 0.2) is 0 Å². The number of nitrogens with one attached hydrogen (secondary N) is 1. The maximum absolute atomic E-state index is 11.2. The Morgan fingerprint density at radius 3 is 1.92 bits per heavy atom. The van der Waals surface area contributed by atoms with E-state index in [0.717, 1.165) is 6.42 Å². The molecule has 0 bridgehead atoms. The molecule has 0 spiro atoms. The zero-order valence-corrected chi connectivity index (χ0v) is 9.82. The lowest BCUT2D eigenvalue weighted by atomic mass is 9.82. The quantitative estimate of drug-likeness (QED) is 0.719. The van der Waals surface area contributed by atoms with Crippen molar-refractivity contribution >= 4 is 5.91 Å². The van der Waals surface area contributed by atoms with E-state index in [1.807, 2.05) is 6.92 Å². The van der Waals surface area contributed by atoms with Crippen molar-refractivity contribution in [1.82, 2.24) is 5.32 Å². The average molecular weight is 185 g/mol. The molecule has 0 atom stereocenters. The van der Waals surface area contributed by atoms with Crippen molar-refractivity contribution in [2.75, 3.05) is 0 Å². The Bertz CT molecular complexity index is 177. The molecule has 0 radical (unpaired) electrons. The Hall–Kier alpha value is -0.530. The van der Waals surface area contributed by atoms with Crippen LogP contribution in [0.5, 0.6) is 0 Å². The number of hydrogen-bond donors (Lipinski definition) is 1. The molecule has 2 nitrogen and oxygen atoms in total. The van der Waals surface area contributed by atoms with Gasteiger partial charge in [-0.2, -0.15) is 0 Å². The average Bonchev–Trinajstić information content (AvgIpc) is 1.80. The molecule has 0 aliphatic rings. The standard InChI is InChI=1S/C11H23NO/c1-7-9(13)12-11(5,6)8-10(2,3)4/h7-8H2,1-6H3,(H,12,13). The molecular weight excluding hydrogens is 162 g/mol. The summed E-state index contributed by atoms with van der Waals surface area (Å²) in [6.07, 6.45) is 1.55. The van der Waals surface area contributed by atoms with Crippen molar-refractivity contribution in [2.24, 2.45) is 5.41 Å². The van der Waals surface area contributed by atoms with Gasteiger partial charge in [-0.25, -0.2) is 0 Å². The zero-order chi connectivity index (χ0) is 10.7. The van der Waals surface area contributed by atoms with E-state index in [1.54, 1.807) is 0 Å². The van der Waals surface area contributed by atoms with E-state index in [-0.39, 0.29) is 16.9 Å². The second-order valence-electron chi connectivity index (χ2n) is 5.52. The normalized spacial score (nSPS) is 12.8. The van der Waals surface area contributed by atoms with Gasteiger partial charge in [0.1, 0.15) is 0 Å². The number of amides is 1. The summed E-state index contributed by atoms with van der Waals surface area (Å²) in [4.78, 5) is 11.2. The first-order valence-electron chi connectivity index (χ1n) is 4.97. The molecule has 1 N–H and O–H groups in total. The van der Waals surface area contributed by atoms with Crippen LogP contribution in [0.15, 0.2) is 0 Å². The minimum Gasteiger partial charge on any atom is -0.351 e. The highest BCUT2D eigenvalue weighted by molar-refractivity contribution is 5.76. The molecule has 0 aliphatic carbocycles. The van der Waals surface area contributed by atoms with E-state index in [9.17, 15) is 4.79 Å². The number of hydrogen-bond acceptors (Lipinski definition) is 1. The minimum atomic E-state index is -0.0919. The van der Waals surface area contributed by atoms with Gasteiger partial charge in [0.25, 0.3) is 0 Å². The SMILES string of the molecule is CCC(=O)NC(C)(C)CC(C)(C)C. The van der Waals surface area contributed by atoms with Crippen LogP contribution in [0.4, 0.5) is 0 Å². The Labute approximate surface area is 82.1 Å². The Morgan fingerprint density at radius 1 is 1.15 bits per heavy atom. The third-order valence-corrected chi connectivity index (χ3v) is 1.77. The second-order valence-corrected chi connectivity index (χ2v) is 5.52. The van der Waals surface area contributed by atoms with Gasteiger partial charge in [-0.1, -0.05) is 27.7 Å². The predicted octanol–water partition coefficient (Wildman–Crippen LogP) is 2.73. The maximum Gasteiger partial charge on any atom is 0.220 e. The summed E-state index contributed by atoms with van der Waals surface area (Å²) in [6, 6.07) is 0. The van der Waals surface area contributed by atoms with Crippen LogP contribution in [-0.2, 0) is 4.79 Å². The van der Waals surface area contributed by atoms with Crippen LogP contribution in [0.1, 0.15) is 54.4 Å². The van der Waals surface area contributed by atoms with Crippen LogP contribution < -0.4 is 5.32 Å². The van der Waals surface area contributed by atoms with Gasteiger partial charge in [-0.3, -0.25) is 4.79 Å². The van der Waals surface area contributed by atoms with Gasteiger partial charge in [0, 0.05) is 12.0 Å². The molecule has 0 unspecified atom stereocenters. The molecule has 0 aromatic carbocycles. The van der Waals surface area contributed by atoms with Gasteiger partial charge in [-0.05, 0) is 25.7 Å². The van der Waals surface area contributed by atoms with Crippen LogP contribution in [0.25, 0.3) is 0 Å². The summed E-state index contributed by atoms with van der Waals surface area (Å²) < 4.78 is 0. The van der Waals surface area contributed by atoms with Crippen molar-refractivity contribution in [3.63, 3.8) is 0 Å². The van der Waals surface area contributed by atoms with E-state index in [2.05, 4.69) is 39.9 Å². The first-order valence-corrected chi connectivity index (χ1v) is 4.97. The molecule has 2 heteroatoms. The van der Waals surface area contributed by atoms with Gasteiger partial charge in [0.2, 0.25) is 5.91 Å². The fraction of sp³-hybridized carbons (Fsp3) is 0.909. The summed E-state index contributed by atoms with van der Waals surface area (Å²) in [5.74, 6) is 0.134. The Morgan fingerprint density at radius 2 is 1.62 bits per heavy atom. The topological polar surface area (TPSA) is 29.1 Å². The van der Waals surface area contributed by atoms with Crippen molar-refractivity contribution in [1.29, 1.82) is 0 Å². The molecule has 13 heavy (non-hydrogen) atoms. The van der Waals surface area contributed by atoms with Gasteiger partial charge < -0.3 is 5.32 Å². The molecule has 0 aliphatic heterocycles. The molecule has 0 aromatic rings. The second kappa shape index (κ2) is 4.12. The van der Waals surface area contributed by atoms with E-state index in [0.29, 0.717) is 6.42 Å². The highest BCUT2D eigenvalue weighted by atomic mass is 16.1. The summed E-state index contributed by atoms with van der Waals surface area (Å²) in [5.41, 5.74) is 0.163. The number of carbonyl (C=O) groups is 1. The van der Waals surface area contributed by atoms with Gasteiger partial charge in [-0.15, -0.1) is 0 Å². The van der Waals surface area contributed by atoms with Crippen molar-refractivity contribution in [3.8, 4) is 0 Å². The molecule has 0 fully saturated rings. The summed E-state index contributed by atoms with van der Waals surface area (Å²) in [7, 11) is 0. The van der Waals surface area contributed by atoms with Crippen LogP contribution in [0.2, 0.25) is 0 Å². The third kappa shape index (κ3) is 6.62. The monoisotopic (exact) mass is 185 g/mol. The summed E-state index contributed by atoms with van der Waals surface area (Å²) in [6.45, 7) is 12.6. The Kier molecular flexibility index (Phi) is 3.95. The molecule has 0 saturated heterocycles. The third-order valence-electron chi connectivity index (χ3n) is 1.77. The van der Waals surface area contributed by atoms with Crippen molar-refractivity contribution in [2.45, 2.75) is 59.9 Å². The predicted molar refractivity (Wildman–Crippen MR) is 56.6 cm³/mol. The maximum atomic E-state index is 11.2. The molecule has 0 rings (SSSR count). The molecular formula is C11H23NO. The largest absolute Gasteiger partial charge is 0.351 e. The number of rotatable bonds is 3. The summed E-state index contributed by atoms with van der Waals surface area (Å²) >= 11 is 0. The summed E-state index contributed by atoms with van der Waals surface area (Å²) in [5, 5.41) is 3.02. The first kappa shape index (κ1) is 12.5. The lowest BCUT2D eigenvalue weighted by Crippen LogP contribution is -2.45. The van der Waals surface area contributed by atoms with E-state index < -0.39 is 0 Å². The zero-order valence-electron chi connectivity index (χ0n) is 9.82. The van der Waals surface area contributed by atoms with E-state index in [1.165, 1.54) is 0 Å². The molecule has 78 valence electrons. The van der Waals surface area contributed by atoms with Crippen molar-refractivity contribution < 1.29 is 4.79 Å². The van der Waals surface area contributed by atoms with Gasteiger partial charge >= 0.3 is 0 Å². The van der Waals surface area contributed by atoms with Crippen molar-refractivity contribution in [3.05, 3.63) is 0 Å². The minimum absolute atomic E-state index is 0.0919. The van der Waals surface area contributed by atoms with E-state index >= 15 is 0 Å². The van der Waals surface area contributed by atoms with Crippen LogP contribution >= 0.6 is 0 Å². The fourth-order valence-corrected chi connectivity index (χ4v) is 1.84. The van der Waals surface area contributed by atoms with Crippen LogP contribution in [0, 0.1) is 5.41 Å².